The van der Waals surface area contributed by atoms with Crippen LogP contribution in [0.15, 0.2) is 59.7 Å². The molecule has 1 N–H and O–H groups in total. The first-order chi connectivity index (χ1) is 13.2. The number of hydrogen-bond acceptors (Lipinski definition) is 4. The molecule has 1 aromatic heterocycles. The van der Waals surface area contributed by atoms with Crippen LogP contribution >= 0.6 is 0 Å². The highest BCUT2D eigenvalue weighted by Crippen LogP contribution is 2.36. The minimum atomic E-state index is -0.216. The minimum absolute atomic E-state index is 0.00620. The van der Waals surface area contributed by atoms with E-state index in [0.717, 1.165) is 0 Å². The summed E-state index contributed by atoms with van der Waals surface area (Å²) >= 11 is 0. The number of rotatable bonds is 4. The van der Waals surface area contributed by atoms with Crippen LogP contribution < -0.4 is 10.2 Å². The molecule has 0 radical (unpaired) electrons. The van der Waals surface area contributed by atoms with Gasteiger partial charge in [-0.1, -0.05) is 24.3 Å². The number of amides is 2. The van der Waals surface area contributed by atoms with E-state index in [1.54, 1.807) is 23.1 Å². The highest BCUT2D eigenvalue weighted by molar-refractivity contribution is 5.92. The Balaban J connectivity index is 1.61. The average Bonchev–Trinajstić information content (AvgIpc) is 3.25. The molecule has 2 aliphatic heterocycles. The van der Waals surface area contributed by atoms with Gasteiger partial charge in [0, 0.05) is 31.9 Å². The highest BCUT2D eigenvalue weighted by atomic mass is 16.3. The van der Waals surface area contributed by atoms with E-state index in [9.17, 15) is 9.59 Å². The predicted octanol–water partition coefficient (Wildman–Crippen LogP) is 2.09. The maximum absolute atomic E-state index is 12.8. The Labute approximate surface area is 158 Å². The van der Waals surface area contributed by atoms with Gasteiger partial charge in [-0.25, -0.2) is 0 Å². The summed E-state index contributed by atoms with van der Waals surface area (Å²) < 4.78 is 5.27. The number of nitrogens with zero attached hydrogens (tertiary/aromatic N) is 2. The number of anilines is 1. The van der Waals surface area contributed by atoms with Crippen LogP contribution in [-0.4, -0.2) is 48.9 Å². The highest BCUT2D eigenvalue weighted by Gasteiger charge is 2.42. The van der Waals surface area contributed by atoms with E-state index in [0.29, 0.717) is 38.4 Å². The van der Waals surface area contributed by atoms with Crippen LogP contribution in [0.5, 0.6) is 0 Å². The average molecular weight is 365 g/mol. The third kappa shape index (κ3) is 3.23. The zero-order chi connectivity index (χ0) is 18.8. The molecule has 1 fully saturated rings. The van der Waals surface area contributed by atoms with E-state index >= 15 is 0 Å². The largest absolute Gasteiger partial charge is 0.459 e. The lowest BCUT2D eigenvalue weighted by Gasteiger charge is -2.48. The smallest absolute Gasteiger partial charge is 0.289 e. The number of fused-ring (bicyclic) bond motifs is 3. The topological polar surface area (TPSA) is 65.8 Å². The molecule has 1 saturated heterocycles. The number of carbonyl (C=O) groups is 2. The van der Waals surface area contributed by atoms with Crippen molar-refractivity contribution in [3.8, 4) is 0 Å². The van der Waals surface area contributed by atoms with Crippen molar-refractivity contribution in [2.75, 3.05) is 31.1 Å². The Bertz CT molecular complexity index is 846. The maximum Gasteiger partial charge on any atom is 0.289 e. The molecule has 2 aromatic rings. The Kier molecular flexibility index (Phi) is 4.71. The van der Waals surface area contributed by atoms with Gasteiger partial charge in [-0.3, -0.25) is 9.59 Å². The molecule has 0 spiro atoms. The zero-order valence-electron chi connectivity index (χ0n) is 15.1. The van der Waals surface area contributed by atoms with Gasteiger partial charge in [-0.2, -0.15) is 0 Å². The van der Waals surface area contributed by atoms with E-state index in [4.69, 9.17) is 4.42 Å². The first-order valence-corrected chi connectivity index (χ1v) is 9.25. The molecule has 4 rings (SSSR count). The minimum Gasteiger partial charge on any atom is -0.459 e. The van der Waals surface area contributed by atoms with Crippen molar-refractivity contribution in [2.24, 2.45) is 5.92 Å². The van der Waals surface area contributed by atoms with E-state index < -0.39 is 0 Å². The van der Waals surface area contributed by atoms with Gasteiger partial charge in [0.1, 0.15) is 0 Å². The fraction of sp³-hybridized carbons (Fsp3) is 0.333. The number of carbonyl (C=O) groups excluding carboxylic acids is 2. The number of para-hydroxylation sites is 1. The molecule has 140 valence electrons. The van der Waals surface area contributed by atoms with Crippen LogP contribution in [0.2, 0.25) is 0 Å². The molecule has 6 nitrogen and oxygen atoms in total. The molecule has 2 aliphatic rings. The van der Waals surface area contributed by atoms with Gasteiger partial charge in [0.25, 0.3) is 5.91 Å². The molecule has 2 unspecified atom stereocenters. The maximum atomic E-state index is 12.8. The Morgan fingerprint density at radius 1 is 1.22 bits per heavy atom. The first-order valence-electron chi connectivity index (χ1n) is 9.25. The van der Waals surface area contributed by atoms with E-state index in [1.165, 1.54) is 17.5 Å². The normalized spacial score (nSPS) is 21.2. The van der Waals surface area contributed by atoms with Crippen LogP contribution in [0.4, 0.5) is 5.69 Å². The molecule has 1 aromatic carbocycles. The van der Waals surface area contributed by atoms with Crippen molar-refractivity contribution in [3.05, 3.63) is 66.6 Å². The molecule has 0 saturated carbocycles. The fourth-order valence-corrected chi connectivity index (χ4v) is 4.10. The lowest BCUT2D eigenvalue weighted by molar-refractivity contribution is -0.125. The third-order valence-corrected chi connectivity index (χ3v) is 5.40. The summed E-state index contributed by atoms with van der Waals surface area (Å²) in [5.74, 6) is 0.00910. The molecule has 27 heavy (non-hydrogen) atoms. The van der Waals surface area contributed by atoms with Crippen LogP contribution in [-0.2, 0) is 11.2 Å². The number of nitrogens with one attached hydrogen (secondary N) is 1. The number of piperazine rings is 1. The quantitative estimate of drug-likeness (QED) is 0.843. The van der Waals surface area contributed by atoms with Crippen LogP contribution in [0.1, 0.15) is 16.1 Å². The molecule has 3 heterocycles. The molecule has 2 atom stereocenters. The lowest BCUT2D eigenvalue weighted by atomic mass is 9.83. The van der Waals surface area contributed by atoms with Crippen molar-refractivity contribution in [1.29, 1.82) is 0 Å². The van der Waals surface area contributed by atoms with Crippen LogP contribution in [0.25, 0.3) is 0 Å². The summed E-state index contributed by atoms with van der Waals surface area (Å²) in [7, 11) is 0. The van der Waals surface area contributed by atoms with E-state index in [-0.39, 0.29) is 23.8 Å². The van der Waals surface area contributed by atoms with Crippen molar-refractivity contribution in [1.82, 2.24) is 10.2 Å². The second-order valence-electron chi connectivity index (χ2n) is 6.96. The summed E-state index contributed by atoms with van der Waals surface area (Å²) in [6.07, 6.45) is 3.86. The van der Waals surface area contributed by atoms with Gasteiger partial charge in [0.05, 0.1) is 18.2 Å². The fourth-order valence-electron chi connectivity index (χ4n) is 4.10. The SMILES string of the molecule is C=CCNC(=O)C1Cc2ccccc2N2CCN(C(=O)c3ccco3)CC12. The molecule has 0 bridgehead atoms. The van der Waals surface area contributed by atoms with Crippen molar-refractivity contribution < 1.29 is 14.0 Å². The van der Waals surface area contributed by atoms with Gasteiger partial charge in [0.2, 0.25) is 5.91 Å². The van der Waals surface area contributed by atoms with Gasteiger partial charge in [-0.15, -0.1) is 6.58 Å². The first kappa shape index (κ1) is 17.4. The van der Waals surface area contributed by atoms with Gasteiger partial charge >= 0.3 is 0 Å². The summed E-state index contributed by atoms with van der Waals surface area (Å²) in [6.45, 7) is 5.91. The van der Waals surface area contributed by atoms with Gasteiger partial charge in [0.15, 0.2) is 5.76 Å². The van der Waals surface area contributed by atoms with E-state index in [2.05, 4.69) is 28.9 Å². The molecular weight excluding hydrogens is 342 g/mol. The summed E-state index contributed by atoms with van der Waals surface area (Å²) in [5.41, 5.74) is 2.35. The van der Waals surface area contributed by atoms with Gasteiger partial charge in [-0.05, 0) is 30.2 Å². The van der Waals surface area contributed by atoms with Crippen molar-refractivity contribution in [2.45, 2.75) is 12.5 Å². The second-order valence-corrected chi connectivity index (χ2v) is 6.96. The molecule has 0 aliphatic carbocycles. The Morgan fingerprint density at radius 2 is 2.07 bits per heavy atom. The Hall–Kier alpha value is -3.02. The van der Waals surface area contributed by atoms with Crippen LogP contribution in [0, 0.1) is 5.92 Å². The molecular formula is C21H23N3O3. The summed E-state index contributed by atoms with van der Waals surface area (Å²) in [6, 6.07) is 11.6. The number of furan rings is 1. The lowest BCUT2D eigenvalue weighted by Crippen LogP contribution is -2.62. The Morgan fingerprint density at radius 3 is 2.85 bits per heavy atom. The summed E-state index contributed by atoms with van der Waals surface area (Å²) in [5, 5.41) is 2.93. The van der Waals surface area contributed by atoms with Crippen molar-refractivity contribution in [3.63, 3.8) is 0 Å². The third-order valence-electron chi connectivity index (χ3n) is 5.40. The number of hydrogen-bond donors (Lipinski definition) is 1. The van der Waals surface area contributed by atoms with Gasteiger partial charge < -0.3 is 19.5 Å². The molecule has 6 heteroatoms. The van der Waals surface area contributed by atoms with E-state index in [1.807, 2.05) is 12.1 Å². The standard InChI is InChI=1S/C21H23N3O3/c1-2-9-22-20(25)16-13-15-6-3-4-7-17(15)24-11-10-23(14-18(16)24)21(26)19-8-5-12-27-19/h2-8,12,16,18H,1,9-11,13-14H2,(H,22,25). The molecule has 2 amide bonds. The predicted molar refractivity (Wildman–Crippen MR) is 103 cm³/mol. The number of benzene rings is 1. The zero-order valence-corrected chi connectivity index (χ0v) is 15.1. The monoisotopic (exact) mass is 365 g/mol. The van der Waals surface area contributed by atoms with Crippen molar-refractivity contribution >= 4 is 17.5 Å². The second kappa shape index (κ2) is 7.31. The summed E-state index contributed by atoms with van der Waals surface area (Å²) in [4.78, 5) is 29.6. The van der Waals surface area contributed by atoms with Crippen LogP contribution in [0.3, 0.4) is 0 Å².